The lowest BCUT2D eigenvalue weighted by atomic mass is 9.83. The van der Waals surface area contributed by atoms with Gasteiger partial charge in [-0.15, -0.1) is 0 Å². The van der Waals surface area contributed by atoms with Gasteiger partial charge in [0.1, 0.15) is 0 Å². The highest BCUT2D eigenvalue weighted by molar-refractivity contribution is 5.83. The van der Waals surface area contributed by atoms with E-state index in [0.717, 1.165) is 44.5 Å². The van der Waals surface area contributed by atoms with Gasteiger partial charge in [-0.2, -0.15) is 0 Å². The highest BCUT2D eigenvalue weighted by Gasteiger charge is 2.29. The Labute approximate surface area is 154 Å². The topological polar surface area (TPSA) is 41.9 Å². The van der Waals surface area contributed by atoms with Gasteiger partial charge in [-0.25, -0.2) is 0 Å². The fourth-order valence-electron chi connectivity index (χ4n) is 4.25. The second kappa shape index (κ2) is 7.83. The number of rotatable bonds is 5. The molecule has 0 N–H and O–H groups in total. The quantitative estimate of drug-likeness (QED) is 0.774. The molecule has 4 heteroatoms. The Bertz CT molecular complexity index is 780. The van der Waals surface area contributed by atoms with Crippen LogP contribution in [-0.2, 0) is 16.0 Å². The molecular formula is C22H24N2O2. The second-order valence-electron chi connectivity index (χ2n) is 7.01. The Hall–Kier alpha value is -2.46. The minimum Gasteiger partial charge on any atom is -0.444 e. The molecule has 134 valence electrons. The summed E-state index contributed by atoms with van der Waals surface area (Å²) in [5.41, 5.74) is 5.28. The predicted octanol–water partition coefficient (Wildman–Crippen LogP) is 3.71. The smallest absolute Gasteiger partial charge is 0.294 e. The number of hydrogen-bond acceptors (Lipinski definition) is 4. The van der Waals surface area contributed by atoms with E-state index in [1.54, 1.807) is 0 Å². The van der Waals surface area contributed by atoms with Gasteiger partial charge in [0, 0.05) is 31.4 Å². The lowest BCUT2D eigenvalue weighted by Gasteiger charge is -2.37. The molecule has 2 aromatic rings. The zero-order chi connectivity index (χ0) is 17.8. The number of carbonyl (C=O) groups is 1. The number of carbonyl (C=O) groups excluding carboxylic acids is 1. The fourth-order valence-corrected chi connectivity index (χ4v) is 4.25. The number of nitrogens with zero attached hydrogens (tertiary/aromatic N) is 2. The first kappa shape index (κ1) is 17.0. The number of likely N-dealkylation sites (tertiary alicyclic amines) is 1. The Balaban J connectivity index is 1.49. The van der Waals surface area contributed by atoms with Gasteiger partial charge in [0.05, 0.1) is 0 Å². The average Bonchev–Trinajstić information content (AvgIpc) is 2.72. The van der Waals surface area contributed by atoms with E-state index in [-0.39, 0.29) is 6.23 Å². The first-order valence-corrected chi connectivity index (χ1v) is 9.36. The molecule has 2 heterocycles. The second-order valence-corrected chi connectivity index (χ2v) is 7.01. The molecule has 0 spiro atoms. The molecule has 1 saturated heterocycles. The highest BCUT2D eigenvalue weighted by Crippen LogP contribution is 2.35. The molecule has 4 rings (SSSR count). The van der Waals surface area contributed by atoms with Crippen LogP contribution in [-0.4, -0.2) is 37.2 Å². The summed E-state index contributed by atoms with van der Waals surface area (Å²) in [6, 6.07) is 16.6. The zero-order valence-corrected chi connectivity index (χ0v) is 14.9. The molecular weight excluding hydrogens is 324 g/mol. The van der Waals surface area contributed by atoms with Crippen LogP contribution in [0, 0.1) is 0 Å². The van der Waals surface area contributed by atoms with Crippen LogP contribution in [0.25, 0.3) is 0 Å². The first-order chi connectivity index (χ1) is 12.9. The molecule has 1 atom stereocenters. The lowest BCUT2D eigenvalue weighted by molar-refractivity contribution is -0.145. The molecule has 0 saturated carbocycles. The zero-order valence-electron chi connectivity index (χ0n) is 14.9. The number of benzene rings is 2. The van der Waals surface area contributed by atoms with E-state index in [0.29, 0.717) is 12.4 Å². The van der Waals surface area contributed by atoms with Crippen LogP contribution >= 0.6 is 0 Å². The molecule has 4 nitrogen and oxygen atoms in total. The van der Waals surface area contributed by atoms with Crippen molar-refractivity contribution in [1.29, 1.82) is 0 Å². The van der Waals surface area contributed by atoms with Crippen molar-refractivity contribution in [1.82, 2.24) is 4.90 Å². The normalized spacial score (nSPS) is 18.9. The third kappa shape index (κ3) is 3.42. The van der Waals surface area contributed by atoms with Gasteiger partial charge in [0.2, 0.25) is 0 Å². The van der Waals surface area contributed by atoms with Crippen LogP contribution in [0.15, 0.2) is 53.5 Å². The summed E-state index contributed by atoms with van der Waals surface area (Å²) in [7, 11) is 0. The lowest BCUT2D eigenvalue weighted by Crippen LogP contribution is -2.37. The molecule has 2 aliphatic heterocycles. The van der Waals surface area contributed by atoms with Crippen molar-refractivity contribution in [2.45, 2.75) is 31.4 Å². The van der Waals surface area contributed by atoms with Gasteiger partial charge in [-0.3, -0.25) is 14.7 Å². The van der Waals surface area contributed by atoms with Crippen LogP contribution in [0.5, 0.6) is 0 Å². The van der Waals surface area contributed by atoms with E-state index in [2.05, 4.69) is 28.1 Å². The summed E-state index contributed by atoms with van der Waals surface area (Å²) in [6.45, 7) is 3.31. The van der Waals surface area contributed by atoms with Gasteiger partial charge in [0.25, 0.3) is 6.47 Å². The first-order valence-electron chi connectivity index (χ1n) is 9.36. The van der Waals surface area contributed by atoms with Gasteiger partial charge in [-0.1, -0.05) is 48.5 Å². The number of fused-ring (bicyclic) bond motifs is 1. The summed E-state index contributed by atoms with van der Waals surface area (Å²) in [4.78, 5) is 17.7. The van der Waals surface area contributed by atoms with Crippen molar-refractivity contribution < 1.29 is 9.53 Å². The van der Waals surface area contributed by atoms with Crippen LogP contribution < -0.4 is 0 Å². The summed E-state index contributed by atoms with van der Waals surface area (Å²) >= 11 is 0. The monoisotopic (exact) mass is 348 g/mol. The van der Waals surface area contributed by atoms with E-state index in [4.69, 9.17) is 4.74 Å². The largest absolute Gasteiger partial charge is 0.444 e. The summed E-state index contributed by atoms with van der Waals surface area (Å²) in [5.74, 6) is 0.570. The summed E-state index contributed by atoms with van der Waals surface area (Å²) in [6.07, 6.45) is 4.94. The molecule has 2 aliphatic rings. The third-order valence-corrected chi connectivity index (χ3v) is 5.54. The van der Waals surface area contributed by atoms with Gasteiger partial charge in [-0.05, 0) is 41.9 Å². The van der Waals surface area contributed by atoms with Gasteiger partial charge >= 0.3 is 0 Å². The van der Waals surface area contributed by atoms with Crippen LogP contribution in [0.4, 0.5) is 0 Å². The Morgan fingerprint density at radius 2 is 1.88 bits per heavy atom. The average molecular weight is 348 g/mol. The minimum atomic E-state index is -0.286. The van der Waals surface area contributed by atoms with Crippen molar-refractivity contribution >= 4 is 12.7 Å². The highest BCUT2D eigenvalue weighted by atomic mass is 16.5. The fraction of sp³-hybridized carbons (Fsp3) is 0.364. The standard InChI is InChI=1S/C22H24N2O2/c25-16-26-22(18-5-2-1-3-6-18)24-13-10-17(11-14-24)20-8-4-7-19-15-23-12-9-21(19)20/h1-8,15-17,22H,9-14H2. The molecule has 0 aliphatic carbocycles. The van der Waals surface area contributed by atoms with Crippen molar-refractivity contribution in [2.75, 3.05) is 19.6 Å². The van der Waals surface area contributed by atoms with Crippen LogP contribution in [0.2, 0.25) is 0 Å². The number of hydrogen-bond donors (Lipinski definition) is 0. The van der Waals surface area contributed by atoms with E-state index < -0.39 is 0 Å². The number of aliphatic imine (C=N–C) groups is 1. The Kier molecular flexibility index (Phi) is 5.12. The van der Waals surface area contributed by atoms with E-state index in [1.807, 2.05) is 36.5 Å². The SMILES string of the molecule is O=COC(c1ccccc1)N1CCC(c2cccc3c2CCN=C3)CC1. The predicted molar refractivity (Wildman–Crippen MR) is 102 cm³/mol. The van der Waals surface area contributed by atoms with E-state index in [9.17, 15) is 4.79 Å². The molecule has 0 bridgehead atoms. The maximum absolute atomic E-state index is 11.0. The van der Waals surface area contributed by atoms with Crippen LogP contribution in [0.1, 0.15) is 47.2 Å². The van der Waals surface area contributed by atoms with Crippen molar-refractivity contribution in [3.05, 3.63) is 70.8 Å². The van der Waals surface area contributed by atoms with Gasteiger partial charge in [0.15, 0.2) is 6.23 Å². The maximum atomic E-state index is 11.0. The van der Waals surface area contributed by atoms with Crippen LogP contribution in [0.3, 0.4) is 0 Å². The summed E-state index contributed by atoms with van der Waals surface area (Å²) < 4.78 is 5.43. The molecule has 0 amide bonds. The molecule has 1 unspecified atom stereocenters. The Morgan fingerprint density at radius 1 is 1.08 bits per heavy atom. The maximum Gasteiger partial charge on any atom is 0.294 e. The molecule has 1 fully saturated rings. The molecule has 26 heavy (non-hydrogen) atoms. The molecule has 2 aromatic carbocycles. The van der Waals surface area contributed by atoms with Crippen molar-refractivity contribution in [3.63, 3.8) is 0 Å². The minimum absolute atomic E-state index is 0.286. The molecule has 0 radical (unpaired) electrons. The van der Waals surface area contributed by atoms with Crippen molar-refractivity contribution in [2.24, 2.45) is 4.99 Å². The van der Waals surface area contributed by atoms with Gasteiger partial charge < -0.3 is 4.74 Å². The summed E-state index contributed by atoms with van der Waals surface area (Å²) in [5, 5.41) is 0. The molecule has 0 aromatic heterocycles. The van der Waals surface area contributed by atoms with Crippen molar-refractivity contribution in [3.8, 4) is 0 Å². The number of ether oxygens (including phenoxy) is 1. The third-order valence-electron chi connectivity index (χ3n) is 5.54. The number of piperidine rings is 1. The Morgan fingerprint density at radius 3 is 2.65 bits per heavy atom. The van der Waals surface area contributed by atoms with E-state index in [1.165, 1.54) is 16.7 Å². The van der Waals surface area contributed by atoms with E-state index >= 15 is 0 Å².